The lowest BCUT2D eigenvalue weighted by Gasteiger charge is -2.32. The van der Waals surface area contributed by atoms with E-state index < -0.39 is 0 Å². The van der Waals surface area contributed by atoms with Crippen molar-refractivity contribution in [3.05, 3.63) is 41.1 Å². The van der Waals surface area contributed by atoms with Gasteiger partial charge in [-0.05, 0) is 99.4 Å². The van der Waals surface area contributed by atoms with Crippen LogP contribution in [0.3, 0.4) is 0 Å². The zero-order valence-electron chi connectivity index (χ0n) is 19.6. The second kappa shape index (κ2) is 16.0. The minimum Gasteiger partial charge on any atom is -0.405 e. The van der Waals surface area contributed by atoms with Gasteiger partial charge in [0.2, 0.25) is 0 Å². The van der Waals surface area contributed by atoms with Gasteiger partial charge < -0.3 is 27.0 Å². The van der Waals surface area contributed by atoms with E-state index in [2.05, 4.69) is 47.2 Å². The topological polar surface area (TPSA) is 96.4 Å². The fourth-order valence-corrected chi connectivity index (χ4v) is 3.93. The summed E-state index contributed by atoms with van der Waals surface area (Å²) in [7, 11) is 0. The molecule has 1 fully saturated rings. The third-order valence-corrected chi connectivity index (χ3v) is 5.65. The van der Waals surface area contributed by atoms with E-state index in [1.165, 1.54) is 16.8 Å². The van der Waals surface area contributed by atoms with Crippen LogP contribution in [-0.2, 0) is 6.42 Å². The monoisotopic (exact) mass is 449 g/mol. The van der Waals surface area contributed by atoms with E-state index in [1.807, 2.05) is 13.0 Å². The molecule has 0 radical (unpaired) electrons. The molecule has 6 nitrogen and oxygen atoms in total. The molecule has 7 heteroatoms. The van der Waals surface area contributed by atoms with Gasteiger partial charge in [0.15, 0.2) is 0 Å². The molecule has 0 unspecified atom stereocenters. The van der Waals surface area contributed by atoms with Crippen molar-refractivity contribution >= 4 is 24.2 Å². The van der Waals surface area contributed by atoms with Crippen molar-refractivity contribution in [3.63, 3.8) is 0 Å². The van der Waals surface area contributed by atoms with Crippen molar-refractivity contribution in [3.8, 4) is 0 Å². The van der Waals surface area contributed by atoms with Crippen molar-refractivity contribution in [2.24, 2.45) is 17.4 Å². The summed E-state index contributed by atoms with van der Waals surface area (Å²) in [6.45, 7) is 9.62. The highest BCUT2D eigenvalue weighted by Crippen LogP contribution is 2.29. The third kappa shape index (κ3) is 9.13. The van der Waals surface area contributed by atoms with Gasteiger partial charge in [-0.15, -0.1) is 0 Å². The number of hydrogen-bond donors (Lipinski definition) is 5. The van der Waals surface area contributed by atoms with Crippen LogP contribution < -0.4 is 27.0 Å². The van der Waals surface area contributed by atoms with Crippen LogP contribution >= 0.6 is 12.6 Å². The molecule has 0 bridgehead atoms. The number of nitrogens with one attached hydrogen (secondary N) is 2. The molecule has 2 aliphatic heterocycles. The molecule has 31 heavy (non-hydrogen) atoms. The normalized spacial score (nSPS) is 16.3. The molecular weight excluding hydrogens is 406 g/mol. The molecule has 1 aromatic carbocycles. The number of fused-ring (bicyclic) bond motifs is 1. The van der Waals surface area contributed by atoms with Gasteiger partial charge in [0.05, 0.1) is 0 Å². The highest BCUT2D eigenvalue weighted by molar-refractivity contribution is 7.79. The largest absolute Gasteiger partial charge is 0.405 e. The first kappa shape index (κ1) is 27.3. The first-order valence-electron chi connectivity index (χ1n) is 11.5. The van der Waals surface area contributed by atoms with Crippen LogP contribution in [-0.4, -0.2) is 51.4 Å². The standard InChI is InChI=1S/C21H32N4O.C2H7N.CH4S/c1-2-16(13-22)15-25-11-3-4-18-12-19(5-6-20(18)25)21(26)24-14-17-7-9-23-10-8-17;1-2-3;1-2/h5-6,12-13,17,23H,2-4,7-11,14-15,22H2,1H3,(H,24,26);2-3H2,1H3;2H,1H3/b16-13+;;. The maximum absolute atomic E-state index is 12.6. The van der Waals surface area contributed by atoms with Crippen LogP contribution in [0.1, 0.15) is 55.5 Å². The van der Waals surface area contributed by atoms with Crippen molar-refractivity contribution in [1.82, 2.24) is 10.6 Å². The maximum Gasteiger partial charge on any atom is 0.251 e. The molecule has 1 saturated heterocycles. The zero-order chi connectivity index (χ0) is 23.1. The molecule has 3 rings (SSSR count). The first-order valence-corrected chi connectivity index (χ1v) is 12.4. The van der Waals surface area contributed by atoms with Crippen LogP contribution in [0, 0.1) is 5.92 Å². The molecule has 0 atom stereocenters. The second-order valence-electron chi connectivity index (χ2n) is 7.86. The number of carbonyl (C=O) groups excluding carboxylic acids is 1. The fourth-order valence-electron chi connectivity index (χ4n) is 3.93. The number of amides is 1. The van der Waals surface area contributed by atoms with Gasteiger partial charge in [0, 0.05) is 30.9 Å². The Morgan fingerprint density at radius 2 is 1.97 bits per heavy atom. The predicted octanol–water partition coefficient (Wildman–Crippen LogP) is 2.93. The van der Waals surface area contributed by atoms with Gasteiger partial charge >= 0.3 is 0 Å². The lowest BCUT2D eigenvalue weighted by Crippen LogP contribution is -2.36. The average molecular weight is 450 g/mol. The SMILES string of the molecule is CC/C(=C\N)CN1CCCc2cc(C(=O)NCC3CCNCC3)ccc21.CCN.CS. The maximum atomic E-state index is 12.6. The number of nitrogens with zero attached hydrogens (tertiary/aromatic N) is 1. The number of rotatable bonds is 6. The number of nitrogens with two attached hydrogens (primary N) is 2. The second-order valence-corrected chi connectivity index (χ2v) is 7.86. The van der Waals surface area contributed by atoms with E-state index in [0.29, 0.717) is 5.92 Å². The Bertz CT molecular complexity index is 674. The highest BCUT2D eigenvalue weighted by Gasteiger charge is 2.20. The molecule has 2 heterocycles. The van der Waals surface area contributed by atoms with E-state index in [1.54, 1.807) is 12.5 Å². The molecule has 6 N–H and O–H groups in total. The minimum atomic E-state index is 0.0551. The lowest BCUT2D eigenvalue weighted by atomic mass is 9.97. The Morgan fingerprint density at radius 3 is 2.58 bits per heavy atom. The Hall–Kier alpha value is -1.70. The fraction of sp³-hybridized carbons (Fsp3) is 0.625. The lowest BCUT2D eigenvalue weighted by molar-refractivity contribution is 0.0944. The Morgan fingerprint density at radius 1 is 1.29 bits per heavy atom. The number of carbonyl (C=O) groups is 1. The number of aryl methyl sites for hydroxylation is 1. The molecule has 0 spiro atoms. The molecular formula is C24H43N5OS. The molecule has 1 aromatic rings. The number of thiol groups is 1. The summed E-state index contributed by atoms with van der Waals surface area (Å²) < 4.78 is 0. The van der Waals surface area contributed by atoms with Crippen LogP contribution in [0.5, 0.6) is 0 Å². The molecule has 0 aromatic heterocycles. The summed E-state index contributed by atoms with van der Waals surface area (Å²) in [5.41, 5.74) is 15.1. The predicted molar refractivity (Wildman–Crippen MR) is 137 cm³/mol. The van der Waals surface area contributed by atoms with Crippen molar-refractivity contribution in [1.29, 1.82) is 0 Å². The van der Waals surface area contributed by atoms with Crippen molar-refractivity contribution in [2.75, 3.05) is 50.4 Å². The Kier molecular flexibility index (Phi) is 14.1. The summed E-state index contributed by atoms with van der Waals surface area (Å²) in [6.07, 6.45) is 8.85. The van der Waals surface area contributed by atoms with E-state index in [-0.39, 0.29) is 5.91 Å². The Labute approximate surface area is 194 Å². The number of benzene rings is 1. The Balaban J connectivity index is 0.000000884. The summed E-state index contributed by atoms with van der Waals surface area (Å²) in [6, 6.07) is 6.15. The van der Waals surface area contributed by atoms with Crippen LogP contribution in [0.15, 0.2) is 30.0 Å². The molecule has 2 aliphatic rings. The van der Waals surface area contributed by atoms with Gasteiger partial charge in [-0.1, -0.05) is 13.8 Å². The summed E-state index contributed by atoms with van der Waals surface area (Å²) in [4.78, 5) is 14.9. The zero-order valence-corrected chi connectivity index (χ0v) is 20.5. The number of piperidine rings is 1. The van der Waals surface area contributed by atoms with E-state index >= 15 is 0 Å². The van der Waals surface area contributed by atoms with Gasteiger partial charge in [-0.3, -0.25) is 4.79 Å². The third-order valence-electron chi connectivity index (χ3n) is 5.65. The molecule has 176 valence electrons. The highest BCUT2D eigenvalue weighted by atomic mass is 32.1. The summed E-state index contributed by atoms with van der Waals surface area (Å²) >= 11 is 3.53. The van der Waals surface area contributed by atoms with E-state index in [0.717, 1.165) is 76.9 Å². The van der Waals surface area contributed by atoms with Crippen molar-refractivity contribution in [2.45, 2.75) is 46.0 Å². The van der Waals surface area contributed by atoms with Gasteiger partial charge in [-0.25, -0.2) is 0 Å². The van der Waals surface area contributed by atoms with Crippen molar-refractivity contribution < 1.29 is 4.79 Å². The van der Waals surface area contributed by atoms with Crippen LogP contribution in [0.25, 0.3) is 0 Å². The smallest absolute Gasteiger partial charge is 0.251 e. The summed E-state index contributed by atoms with van der Waals surface area (Å²) in [5.74, 6) is 0.656. The quantitative estimate of drug-likeness (QED) is 0.430. The number of hydrogen-bond acceptors (Lipinski definition) is 6. The van der Waals surface area contributed by atoms with E-state index in [4.69, 9.17) is 11.5 Å². The first-order chi connectivity index (χ1) is 15.1. The molecule has 0 saturated carbocycles. The van der Waals surface area contributed by atoms with Crippen LogP contribution in [0.4, 0.5) is 5.69 Å². The molecule has 1 amide bonds. The number of anilines is 1. The average Bonchev–Trinajstić information content (AvgIpc) is 2.83. The molecule has 0 aliphatic carbocycles. The summed E-state index contributed by atoms with van der Waals surface area (Å²) in [5, 5.41) is 6.50. The van der Waals surface area contributed by atoms with Gasteiger partial charge in [0.1, 0.15) is 0 Å². The van der Waals surface area contributed by atoms with Crippen LogP contribution in [0.2, 0.25) is 0 Å². The van der Waals surface area contributed by atoms with E-state index in [9.17, 15) is 4.79 Å². The van der Waals surface area contributed by atoms with Gasteiger partial charge in [0.25, 0.3) is 5.91 Å². The van der Waals surface area contributed by atoms with Gasteiger partial charge in [-0.2, -0.15) is 12.6 Å². The minimum absolute atomic E-state index is 0.0551.